The fourth-order valence-electron chi connectivity index (χ4n) is 2.77. The van der Waals surface area contributed by atoms with E-state index in [1.54, 1.807) is 12.0 Å². The highest BCUT2D eigenvalue weighted by molar-refractivity contribution is 5.93. The summed E-state index contributed by atoms with van der Waals surface area (Å²) in [5.74, 6) is -0.278. The van der Waals surface area contributed by atoms with Crippen LogP contribution >= 0.6 is 0 Å². The SMILES string of the molecule is COCCN(CC(=O)NCc1ccccc1)CC(=O)Nc1cccc(C)c1C. The molecule has 0 aliphatic carbocycles. The van der Waals surface area contributed by atoms with Crippen molar-refractivity contribution in [3.63, 3.8) is 0 Å². The first kappa shape index (κ1) is 21.6. The Kier molecular flexibility index (Phi) is 8.65. The molecule has 0 aromatic heterocycles. The van der Waals surface area contributed by atoms with Gasteiger partial charge in [0.1, 0.15) is 0 Å². The van der Waals surface area contributed by atoms with Crippen molar-refractivity contribution in [3.05, 3.63) is 65.2 Å². The van der Waals surface area contributed by atoms with Crippen molar-refractivity contribution in [3.8, 4) is 0 Å². The first-order chi connectivity index (χ1) is 13.5. The number of carbonyl (C=O) groups excluding carboxylic acids is 2. The second-order valence-corrected chi connectivity index (χ2v) is 6.76. The van der Waals surface area contributed by atoms with Gasteiger partial charge in [-0.3, -0.25) is 14.5 Å². The number of carbonyl (C=O) groups is 2. The van der Waals surface area contributed by atoms with Gasteiger partial charge in [-0.05, 0) is 36.6 Å². The van der Waals surface area contributed by atoms with Gasteiger partial charge in [0.2, 0.25) is 11.8 Å². The molecule has 28 heavy (non-hydrogen) atoms. The summed E-state index contributed by atoms with van der Waals surface area (Å²) in [4.78, 5) is 26.6. The van der Waals surface area contributed by atoms with E-state index in [-0.39, 0.29) is 24.9 Å². The lowest BCUT2D eigenvalue weighted by atomic mass is 10.1. The molecule has 0 saturated carbocycles. The van der Waals surface area contributed by atoms with Crippen LogP contribution in [-0.4, -0.2) is 50.1 Å². The maximum absolute atomic E-state index is 12.5. The first-order valence-electron chi connectivity index (χ1n) is 9.37. The molecular formula is C22H29N3O3. The maximum atomic E-state index is 12.5. The molecule has 6 nitrogen and oxygen atoms in total. The highest BCUT2D eigenvalue weighted by Gasteiger charge is 2.15. The Labute approximate surface area is 166 Å². The van der Waals surface area contributed by atoms with Crippen LogP contribution in [0.4, 0.5) is 5.69 Å². The summed E-state index contributed by atoms with van der Waals surface area (Å²) in [5, 5.41) is 5.83. The van der Waals surface area contributed by atoms with Crippen molar-refractivity contribution in [2.75, 3.05) is 38.7 Å². The Bertz CT molecular complexity index is 778. The minimum absolute atomic E-state index is 0.121. The third-order valence-electron chi connectivity index (χ3n) is 4.56. The van der Waals surface area contributed by atoms with E-state index in [2.05, 4.69) is 10.6 Å². The molecule has 0 fully saturated rings. The maximum Gasteiger partial charge on any atom is 0.238 e. The van der Waals surface area contributed by atoms with Crippen molar-refractivity contribution in [2.45, 2.75) is 20.4 Å². The standard InChI is InChI=1S/C22H29N3O3/c1-17-8-7-11-20(18(17)2)24-22(27)16-25(12-13-28-3)15-21(26)23-14-19-9-5-4-6-10-19/h4-11H,12-16H2,1-3H3,(H,23,26)(H,24,27). The Morgan fingerprint density at radius 1 is 0.964 bits per heavy atom. The lowest BCUT2D eigenvalue weighted by Crippen LogP contribution is -2.42. The predicted molar refractivity (Wildman–Crippen MR) is 111 cm³/mol. The molecule has 2 aromatic rings. The summed E-state index contributed by atoms with van der Waals surface area (Å²) < 4.78 is 5.11. The summed E-state index contributed by atoms with van der Waals surface area (Å²) in [6, 6.07) is 15.5. The monoisotopic (exact) mass is 383 g/mol. The van der Waals surface area contributed by atoms with Crippen molar-refractivity contribution in [1.82, 2.24) is 10.2 Å². The largest absolute Gasteiger partial charge is 0.383 e. The highest BCUT2D eigenvalue weighted by atomic mass is 16.5. The summed E-state index contributed by atoms with van der Waals surface area (Å²) >= 11 is 0. The van der Waals surface area contributed by atoms with Crippen LogP contribution in [-0.2, 0) is 20.9 Å². The molecule has 0 atom stereocenters. The van der Waals surface area contributed by atoms with E-state index in [1.165, 1.54) is 0 Å². The van der Waals surface area contributed by atoms with Gasteiger partial charge in [-0.2, -0.15) is 0 Å². The van der Waals surface area contributed by atoms with Crippen LogP contribution in [0.5, 0.6) is 0 Å². The summed E-state index contributed by atoms with van der Waals surface area (Å²) in [5.41, 5.74) is 3.99. The fourth-order valence-corrected chi connectivity index (χ4v) is 2.77. The van der Waals surface area contributed by atoms with Crippen LogP contribution in [0.3, 0.4) is 0 Å². The van der Waals surface area contributed by atoms with E-state index >= 15 is 0 Å². The molecule has 0 saturated heterocycles. The van der Waals surface area contributed by atoms with Crippen molar-refractivity contribution in [1.29, 1.82) is 0 Å². The molecule has 0 heterocycles. The number of methoxy groups -OCH3 is 1. The quantitative estimate of drug-likeness (QED) is 0.661. The molecule has 0 aliphatic rings. The molecular weight excluding hydrogens is 354 g/mol. The van der Waals surface area contributed by atoms with Crippen molar-refractivity contribution >= 4 is 17.5 Å². The van der Waals surface area contributed by atoms with Crippen LogP contribution < -0.4 is 10.6 Å². The number of hydrogen-bond donors (Lipinski definition) is 2. The fraction of sp³-hybridized carbons (Fsp3) is 0.364. The number of aryl methyl sites for hydroxylation is 1. The number of ether oxygens (including phenoxy) is 1. The molecule has 0 spiro atoms. The molecule has 0 bridgehead atoms. The Hall–Kier alpha value is -2.70. The summed E-state index contributed by atoms with van der Waals surface area (Å²) in [6.07, 6.45) is 0. The van der Waals surface area contributed by atoms with Crippen molar-refractivity contribution in [2.24, 2.45) is 0 Å². The molecule has 2 amide bonds. The Balaban J connectivity index is 1.89. The van der Waals surface area contributed by atoms with Crippen LogP contribution in [0.1, 0.15) is 16.7 Å². The van der Waals surface area contributed by atoms with Crippen LogP contribution in [0.15, 0.2) is 48.5 Å². The number of amides is 2. The first-order valence-corrected chi connectivity index (χ1v) is 9.37. The minimum Gasteiger partial charge on any atom is -0.383 e. The van der Waals surface area contributed by atoms with Gasteiger partial charge in [-0.1, -0.05) is 42.5 Å². The molecule has 2 N–H and O–H groups in total. The van der Waals surface area contributed by atoms with Gasteiger partial charge in [-0.25, -0.2) is 0 Å². The van der Waals surface area contributed by atoms with E-state index in [4.69, 9.17) is 4.74 Å². The number of rotatable bonds is 10. The van der Waals surface area contributed by atoms with Gasteiger partial charge < -0.3 is 15.4 Å². The van der Waals surface area contributed by atoms with Gasteiger partial charge in [0.25, 0.3) is 0 Å². The molecule has 2 aromatic carbocycles. The normalized spacial score (nSPS) is 10.7. The van der Waals surface area contributed by atoms with Gasteiger partial charge in [0.15, 0.2) is 0 Å². The highest BCUT2D eigenvalue weighted by Crippen LogP contribution is 2.17. The average molecular weight is 383 g/mol. The summed E-state index contributed by atoms with van der Waals surface area (Å²) in [7, 11) is 1.60. The van der Waals surface area contributed by atoms with Gasteiger partial charge in [0, 0.05) is 25.9 Å². The minimum atomic E-state index is -0.152. The smallest absolute Gasteiger partial charge is 0.238 e. The molecule has 0 aliphatic heterocycles. The van der Waals surface area contributed by atoms with Crippen LogP contribution in [0.25, 0.3) is 0 Å². The third kappa shape index (κ3) is 7.13. The molecule has 2 rings (SSSR count). The van der Waals surface area contributed by atoms with E-state index in [9.17, 15) is 9.59 Å². The molecule has 6 heteroatoms. The topological polar surface area (TPSA) is 70.7 Å². The number of nitrogens with one attached hydrogen (secondary N) is 2. The van der Waals surface area contributed by atoms with Gasteiger partial charge in [0.05, 0.1) is 19.7 Å². The predicted octanol–water partition coefficient (Wildman–Crippen LogP) is 2.51. The van der Waals surface area contributed by atoms with E-state index < -0.39 is 0 Å². The molecule has 150 valence electrons. The lowest BCUT2D eigenvalue weighted by molar-refractivity contribution is -0.123. The van der Waals surface area contributed by atoms with E-state index in [1.807, 2.05) is 62.4 Å². The zero-order valence-electron chi connectivity index (χ0n) is 16.8. The second kappa shape index (κ2) is 11.2. The number of hydrogen-bond acceptors (Lipinski definition) is 4. The number of nitrogens with zero attached hydrogens (tertiary/aromatic N) is 1. The van der Waals surface area contributed by atoms with E-state index in [0.717, 1.165) is 22.4 Å². The zero-order valence-corrected chi connectivity index (χ0v) is 16.8. The lowest BCUT2D eigenvalue weighted by Gasteiger charge is -2.21. The number of anilines is 1. The van der Waals surface area contributed by atoms with Crippen LogP contribution in [0, 0.1) is 13.8 Å². The Morgan fingerprint density at radius 3 is 2.39 bits per heavy atom. The Morgan fingerprint density at radius 2 is 1.68 bits per heavy atom. The van der Waals surface area contributed by atoms with Crippen LogP contribution in [0.2, 0.25) is 0 Å². The average Bonchev–Trinajstić information content (AvgIpc) is 2.69. The van der Waals surface area contributed by atoms with Gasteiger partial charge >= 0.3 is 0 Å². The second-order valence-electron chi connectivity index (χ2n) is 6.76. The third-order valence-corrected chi connectivity index (χ3v) is 4.56. The molecule has 0 radical (unpaired) electrons. The summed E-state index contributed by atoms with van der Waals surface area (Å²) in [6.45, 7) is 5.65. The van der Waals surface area contributed by atoms with Gasteiger partial charge in [-0.15, -0.1) is 0 Å². The van der Waals surface area contributed by atoms with E-state index in [0.29, 0.717) is 19.7 Å². The van der Waals surface area contributed by atoms with Crippen molar-refractivity contribution < 1.29 is 14.3 Å². The molecule has 0 unspecified atom stereocenters. The number of benzene rings is 2. The zero-order chi connectivity index (χ0) is 20.4.